The van der Waals surface area contributed by atoms with Crippen LogP contribution in [0.2, 0.25) is 0 Å². The van der Waals surface area contributed by atoms with Crippen molar-refractivity contribution in [1.29, 1.82) is 0 Å². The molecule has 20 heavy (non-hydrogen) atoms. The monoisotopic (exact) mass is 289 g/mol. The third-order valence-electron chi connectivity index (χ3n) is 3.65. The van der Waals surface area contributed by atoms with E-state index in [1.54, 1.807) is 11.3 Å². The van der Waals surface area contributed by atoms with Crippen LogP contribution in [0, 0.1) is 6.92 Å². The number of hydrogen-bond donors (Lipinski definition) is 1. The predicted molar refractivity (Wildman–Crippen MR) is 86.0 cm³/mol. The highest BCUT2D eigenvalue weighted by Crippen LogP contribution is 2.30. The van der Waals surface area contributed by atoms with Crippen LogP contribution >= 0.6 is 11.3 Å². The summed E-state index contributed by atoms with van der Waals surface area (Å²) in [5.74, 6) is 0. The van der Waals surface area contributed by atoms with E-state index < -0.39 is 0 Å². The highest BCUT2D eigenvalue weighted by atomic mass is 32.1. The number of rotatable bonds is 6. The Labute approximate surface area is 125 Å². The summed E-state index contributed by atoms with van der Waals surface area (Å²) < 4.78 is 0. The maximum Gasteiger partial charge on any atom is 0.0591 e. The summed E-state index contributed by atoms with van der Waals surface area (Å²) in [5, 5.41) is 2.15. The maximum absolute atomic E-state index is 6.22. The van der Waals surface area contributed by atoms with Gasteiger partial charge in [-0.25, -0.2) is 0 Å². The molecular formula is C16H23N3S. The molecule has 2 unspecified atom stereocenters. The Morgan fingerprint density at radius 3 is 2.55 bits per heavy atom. The fourth-order valence-electron chi connectivity index (χ4n) is 2.52. The summed E-state index contributed by atoms with van der Waals surface area (Å²) >= 11 is 1.80. The standard InChI is InChI=1S/C16H23N3S/c1-12-7-11-20-16(12)15(13(2)17)19(3)10-6-14-4-8-18-9-5-14/h4-5,7-9,11,13,15H,6,10,17H2,1-3H3. The van der Waals surface area contributed by atoms with Gasteiger partial charge in [-0.2, -0.15) is 0 Å². The molecule has 4 heteroatoms. The molecule has 0 aromatic carbocycles. The number of aromatic nitrogens is 1. The summed E-state index contributed by atoms with van der Waals surface area (Å²) in [6.45, 7) is 5.25. The average molecular weight is 289 g/mol. The molecule has 0 spiro atoms. The number of hydrogen-bond acceptors (Lipinski definition) is 4. The normalized spacial score (nSPS) is 14.4. The minimum atomic E-state index is 0.120. The molecule has 0 amide bonds. The third-order valence-corrected chi connectivity index (χ3v) is 4.74. The molecule has 0 saturated heterocycles. The third kappa shape index (κ3) is 3.66. The van der Waals surface area contributed by atoms with Crippen LogP contribution in [0.3, 0.4) is 0 Å². The van der Waals surface area contributed by atoms with Crippen molar-refractivity contribution in [1.82, 2.24) is 9.88 Å². The van der Waals surface area contributed by atoms with Gasteiger partial charge >= 0.3 is 0 Å². The first kappa shape index (κ1) is 15.2. The van der Waals surface area contributed by atoms with Crippen LogP contribution < -0.4 is 5.73 Å². The molecule has 2 rings (SSSR count). The van der Waals surface area contributed by atoms with Gasteiger partial charge in [-0.05, 0) is 62.0 Å². The van der Waals surface area contributed by atoms with Crippen molar-refractivity contribution in [3.05, 3.63) is 52.0 Å². The van der Waals surface area contributed by atoms with E-state index in [-0.39, 0.29) is 12.1 Å². The summed E-state index contributed by atoms with van der Waals surface area (Å²) in [5.41, 5.74) is 8.88. The minimum Gasteiger partial charge on any atom is -0.326 e. The van der Waals surface area contributed by atoms with Gasteiger partial charge in [0.05, 0.1) is 6.04 Å². The molecule has 108 valence electrons. The van der Waals surface area contributed by atoms with E-state index in [0.717, 1.165) is 13.0 Å². The topological polar surface area (TPSA) is 42.1 Å². The van der Waals surface area contributed by atoms with E-state index in [4.69, 9.17) is 5.73 Å². The Balaban J connectivity index is 2.05. The van der Waals surface area contributed by atoms with Gasteiger partial charge in [-0.3, -0.25) is 9.88 Å². The molecule has 0 radical (unpaired) electrons. The quantitative estimate of drug-likeness (QED) is 0.889. The van der Waals surface area contributed by atoms with Gasteiger partial charge in [0.1, 0.15) is 0 Å². The number of pyridine rings is 1. The number of nitrogens with zero attached hydrogens (tertiary/aromatic N) is 2. The molecular weight excluding hydrogens is 266 g/mol. The number of likely N-dealkylation sites (N-methyl/N-ethyl adjacent to an activating group) is 1. The molecule has 0 aliphatic rings. The van der Waals surface area contributed by atoms with E-state index in [1.165, 1.54) is 16.0 Å². The van der Waals surface area contributed by atoms with E-state index in [1.807, 2.05) is 12.4 Å². The van der Waals surface area contributed by atoms with Gasteiger partial charge in [0.15, 0.2) is 0 Å². The highest BCUT2D eigenvalue weighted by Gasteiger charge is 2.23. The SMILES string of the molecule is Cc1ccsc1C(C(C)N)N(C)CCc1ccncc1. The van der Waals surface area contributed by atoms with Gasteiger partial charge < -0.3 is 5.73 Å². The number of aryl methyl sites for hydroxylation is 1. The zero-order valence-electron chi connectivity index (χ0n) is 12.4. The van der Waals surface area contributed by atoms with E-state index in [9.17, 15) is 0 Å². The molecule has 0 aliphatic carbocycles. The Hall–Kier alpha value is -1.23. The Bertz CT molecular complexity index is 522. The first-order valence-electron chi connectivity index (χ1n) is 6.98. The minimum absolute atomic E-state index is 0.120. The van der Waals surface area contributed by atoms with E-state index in [0.29, 0.717) is 0 Å². The van der Waals surface area contributed by atoms with Crippen molar-refractivity contribution in [2.45, 2.75) is 32.4 Å². The highest BCUT2D eigenvalue weighted by molar-refractivity contribution is 7.10. The molecule has 0 aliphatic heterocycles. The predicted octanol–water partition coefficient (Wildman–Crippen LogP) is 3.01. The summed E-state index contributed by atoms with van der Waals surface area (Å²) in [6, 6.07) is 6.73. The summed E-state index contributed by atoms with van der Waals surface area (Å²) in [4.78, 5) is 7.81. The van der Waals surface area contributed by atoms with Crippen LogP contribution in [-0.2, 0) is 6.42 Å². The molecule has 2 atom stereocenters. The number of thiophene rings is 1. The maximum atomic E-state index is 6.22. The van der Waals surface area contributed by atoms with Crippen LogP contribution in [0.1, 0.15) is 29.0 Å². The fraction of sp³-hybridized carbons (Fsp3) is 0.438. The van der Waals surface area contributed by atoms with Gasteiger partial charge in [-0.15, -0.1) is 11.3 Å². The lowest BCUT2D eigenvalue weighted by Crippen LogP contribution is -2.38. The summed E-state index contributed by atoms with van der Waals surface area (Å²) in [6.07, 6.45) is 4.72. The average Bonchev–Trinajstić information content (AvgIpc) is 2.84. The molecule has 3 nitrogen and oxygen atoms in total. The molecule has 0 saturated carbocycles. The second kappa shape index (κ2) is 6.97. The van der Waals surface area contributed by atoms with Crippen LogP contribution in [0.4, 0.5) is 0 Å². The Morgan fingerprint density at radius 1 is 1.30 bits per heavy atom. The lowest BCUT2D eigenvalue weighted by Gasteiger charge is -2.31. The van der Waals surface area contributed by atoms with Gasteiger partial charge in [0.2, 0.25) is 0 Å². The molecule has 0 fully saturated rings. The van der Waals surface area contributed by atoms with Crippen LogP contribution in [0.5, 0.6) is 0 Å². The van der Waals surface area contributed by atoms with Crippen LogP contribution in [0.25, 0.3) is 0 Å². The van der Waals surface area contributed by atoms with Crippen LogP contribution in [0.15, 0.2) is 36.0 Å². The largest absolute Gasteiger partial charge is 0.326 e. The summed E-state index contributed by atoms with van der Waals surface area (Å²) in [7, 11) is 2.16. The lowest BCUT2D eigenvalue weighted by atomic mass is 10.0. The fourth-order valence-corrected chi connectivity index (χ4v) is 3.73. The zero-order valence-corrected chi connectivity index (χ0v) is 13.2. The second-order valence-electron chi connectivity index (χ2n) is 5.36. The lowest BCUT2D eigenvalue weighted by molar-refractivity contribution is 0.224. The molecule has 2 aromatic heterocycles. The molecule has 0 bridgehead atoms. The Kier molecular flexibility index (Phi) is 5.29. The molecule has 2 N–H and O–H groups in total. The van der Waals surface area contributed by atoms with Gasteiger partial charge in [0, 0.05) is 29.9 Å². The van der Waals surface area contributed by atoms with Crippen molar-refractivity contribution in [3.8, 4) is 0 Å². The number of nitrogens with two attached hydrogens (primary N) is 1. The van der Waals surface area contributed by atoms with Crippen molar-refractivity contribution in [3.63, 3.8) is 0 Å². The second-order valence-corrected chi connectivity index (χ2v) is 6.31. The van der Waals surface area contributed by atoms with E-state index >= 15 is 0 Å². The van der Waals surface area contributed by atoms with Crippen molar-refractivity contribution >= 4 is 11.3 Å². The zero-order chi connectivity index (χ0) is 14.5. The smallest absolute Gasteiger partial charge is 0.0591 e. The van der Waals surface area contributed by atoms with Crippen LogP contribution in [-0.4, -0.2) is 29.5 Å². The van der Waals surface area contributed by atoms with E-state index in [2.05, 4.69) is 54.4 Å². The van der Waals surface area contributed by atoms with Crippen molar-refractivity contribution < 1.29 is 0 Å². The molecule has 2 aromatic rings. The van der Waals surface area contributed by atoms with Gasteiger partial charge in [0.25, 0.3) is 0 Å². The Morgan fingerprint density at radius 2 is 2.00 bits per heavy atom. The first-order chi connectivity index (χ1) is 9.59. The molecule has 2 heterocycles. The van der Waals surface area contributed by atoms with Gasteiger partial charge in [-0.1, -0.05) is 0 Å². The van der Waals surface area contributed by atoms with Crippen molar-refractivity contribution in [2.24, 2.45) is 5.73 Å². The van der Waals surface area contributed by atoms with Crippen molar-refractivity contribution in [2.75, 3.05) is 13.6 Å². The first-order valence-corrected chi connectivity index (χ1v) is 7.86.